The van der Waals surface area contributed by atoms with Gasteiger partial charge in [0.25, 0.3) is 0 Å². The van der Waals surface area contributed by atoms with Crippen LogP contribution in [-0.2, 0) is 11.2 Å². The number of nitrogens with one attached hydrogen (secondary N) is 1. The summed E-state index contributed by atoms with van der Waals surface area (Å²) in [5.41, 5.74) is 3.00. The lowest BCUT2D eigenvalue weighted by molar-refractivity contribution is 0.139. The average Bonchev–Trinajstić information content (AvgIpc) is 2.61. The monoisotopic (exact) mass is 295 g/mol. The number of halogens is 1. The third-order valence-electron chi connectivity index (χ3n) is 4.25. The second kappa shape index (κ2) is 6.46. The fourth-order valence-electron chi connectivity index (χ4n) is 3.32. The Morgan fingerprint density at radius 1 is 1.45 bits per heavy atom. The molecular weight excluding hydrogens is 270 g/mol. The van der Waals surface area contributed by atoms with E-state index in [1.54, 1.807) is 7.11 Å². The summed E-state index contributed by atoms with van der Waals surface area (Å²) >= 11 is 6.19. The van der Waals surface area contributed by atoms with Crippen molar-refractivity contribution >= 4 is 11.6 Å². The number of hydrogen-bond acceptors (Lipinski definition) is 2. The van der Waals surface area contributed by atoms with E-state index in [0.717, 1.165) is 30.9 Å². The van der Waals surface area contributed by atoms with Crippen LogP contribution in [0.25, 0.3) is 0 Å². The molecule has 2 rings (SSSR count). The first-order valence-corrected chi connectivity index (χ1v) is 7.89. The van der Waals surface area contributed by atoms with E-state index in [1.165, 1.54) is 11.1 Å². The molecule has 0 saturated carbocycles. The van der Waals surface area contributed by atoms with Gasteiger partial charge in [-0.25, -0.2) is 0 Å². The molecule has 0 fully saturated rings. The van der Waals surface area contributed by atoms with E-state index in [-0.39, 0.29) is 5.41 Å². The zero-order valence-electron chi connectivity index (χ0n) is 13.0. The molecule has 0 amide bonds. The molecule has 2 atom stereocenters. The molecule has 0 aromatic heterocycles. The molecule has 2 nitrogen and oxygen atoms in total. The van der Waals surface area contributed by atoms with Gasteiger partial charge in [-0.2, -0.15) is 0 Å². The van der Waals surface area contributed by atoms with Crippen LogP contribution >= 0.6 is 11.6 Å². The standard InChI is InChI=1S/C17H26ClNO/c1-5-6-14(11-20-4)19-16-15-9-13(18)8-7-12(15)10-17(16,2)3/h7-9,14,16,19H,5-6,10-11H2,1-4H3. The Morgan fingerprint density at radius 2 is 2.20 bits per heavy atom. The lowest BCUT2D eigenvalue weighted by atomic mass is 9.84. The first-order chi connectivity index (χ1) is 9.47. The lowest BCUT2D eigenvalue weighted by Crippen LogP contribution is -2.40. The highest BCUT2D eigenvalue weighted by Gasteiger charge is 2.39. The maximum absolute atomic E-state index is 6.19. The van der Waals surface area contributed by atoms with Crippen LogP contribution in [0.5, 0.6) is 0 Å². The minimum atomic E-state index is 0.215. The van der Waals surface area contributed by atoms with E-state index in [4.69, 9.17) is 16.3 Å². The Balaban J connectivity index is 2.23. The van der Waals surface area contributed by atoms with Crippen LogP contribution < -0.4 is 5.32 Å². The summed E-state index contributed by atoms with van der Waals surface area (Å²) in [5.74, 6) is 0. The van der Waals surface area contributed by atoms with Crippen molar-refractivity contribution in [3.8, 4) is 0 Å². The van der Waals surface area contributed by atoms with Crippen LogP contribution in [0.4, 0.5) is 0 Å². The number of fused-ring (bicyclic) bond motifs is 1. The van der Waals surface area contributed by atoms with Gasteiger partial charge in [-0.3, -0.25) is 0 Å². The Bertz CT molecular complexity index is 452. The maximum atomic E-state index is 6.19. The summed E-state index contributed by atoms with van der Waals surface area (Å²) in [5, 5.41) is 4.63. The number of ether oxygens (including phenoxy) is 1. The summed E-state index contributed by atoms with van der Waals surface area (Å²) in [6.07, 6.45) is 3.40. The van der Waals surface area contributed by atoms with Gasteiger partial charge in [0.1, 0.15) is 0 Å². The molecule has 0 bridgehead atoms. The van der Waals surface area contributed by atoms with Crippen molar-refractivity contribution in [1.82, 2.24) is 5.32 Å². The summed E-state index contributed by atoms with van der Waals surface area (Å²) in [7, 11) is 1.77. The molecule has 112 valence electrons. The molecule has 20 heavy (non-hydrogen) atoms. The largest absolute Gasteiger partial charge is 0.383 e. The zero-order chi connectivity index (χ0) is 14.8. The third-order valence-corrected chi connectivity index (χ3v) is 4.49. The quantitative estimate of drug-likeness (QED) is 0.841. The van der Waals surface area contributed by atoms with Crippen LogP contribution in [0.3, 0.4) is 0 Å². The molecule has 0 aliphatic heterocycles. The molecule has 0 saturated heterocycles. The predicted octanol–water partition coefficient (Wildman–Crippen LogP) is 4.37. The van der Waals surface area contributed by atoms with Crippen LogP contribution in [0, 0.1) is 5.41 Å². The van der Waals surface area contributed by atoms with Gasteiger partial charge < -0.3 is 10.1 Å². The lowest BCUT2D eigenvalue weighted by Gasteiger charge is -2.32. The molecule has 0 heterocycles. The third kappa shape index (κ3) is 3.36. The number of methoxy groups -OCH3 is 1. The first kappa shape index (κ1) is 15.8. The molecule has 1 aliphatic rings. The Labute approximate surface area is 127 Å². The van der Waals surface area contributed by atoms with Crippen LogP contribution in [-0.4, -0.2) is 19.8 Å². The molecule has 0 spiro atoms. The van der Waals surface area contributed by atoms with Gasteiger partial charge in [-0.1, -0.05) is 44.9 Å². The van der Waals surface area contributed by atoms with Gasteiger partial charge in [-0.05, 0) is 41.5 Å². The van der Waals surface area contributed by atoms with Crippen molar-refractivity contribution in [2.75, 3.05) is 13.7 Å². The fraction of sp³-hybridized carbons (Fsp3) is 0.647. The van der Waals surface area contributed by atoms with E-state index in [9.17, 15) is 0 Å². The van der Waals surface area contributed by atoms with E-state index < -0.39 is 0 Å². The molecule has 0 radical (unpaired) electrons. The van der Waals surface area contributed by atoms with Crippen LogP contribution in [0.2, 0.25) is 5.02 Å². The maximum Gasteiger partial charge on any atom is 0.0616 e. The van der Waals surface area contributed by atoms with Gasteiger partial charge in [0, 0.05) is 24.2 Å². The van der Waals surface area contributed by atoms with E-state index in [2.05, 4.69) is 38.2 Å². The van der Waals surface area contributed by atoms with Gasteiger partial charge in [-0.15, -0.1) is 0 Å². The van der Waals surface area contributed by atoms with Gasteiger partial charge in [0.2, 0.25) is 0 Å². The van der Waals surface area contributed by atoms with Gasteiger partial charge in [0.05, 0.1) is 6.61 Å². The van der Waals surface area contributed by atoms with E-state index in [0.29, 0.717) is 12.1 Å². The smallest absolute Gasteiger partial charge is 0.0616 e. The highest BCUT2D eigenvalue weighted by atomic mass is 35.5. The van der Waals surface area contributed by atoms with Crippen molar-refractivity contribution in [2.45, 2.75) is 52.1 Å². The van der Waals surface area contributed by atoms with Crippen LogP contribution in [0.15, 0.2) is 18.2 Å². The summed E-state index contributed by atoms with van der Waals surface area (Å²) < 4.78 is 5.36. The molecular formula is C17H26ClNO. The number of hydrogen-bond donors (Lipinski definition) is 1. The summed E-state index contributed by atoms with van der Waals surface area (Å²) in [6.45, 7) is 7.63. The number of benzene rings is 1. The van der Waals surface area contributed by atoms with Crippen LogP contribution in [0.1, 0.15) is 50.8 Å². The zero-order valence-corrected chi connectivity index (χ0v) is 13.8. The normalized spacial score (nSPS) is 21.8. The highest BCUT2D eigenvalue weighted by molar-refractivity contribution is 6.30. The first-order valence-electron chi connectivity index (χ1n) is 7.51. The Hall–Kier alpha value is -0.570. The van der Waals surface area contributed by atoms with Crippen molar-refractivity contribution < 1.29 is 4.74 Å². The fourth-order valence-corrected chi connectivity index (χ4v) is 3.51. The summed E-state index contributed by atoms with van der Waals surface area (Å²) in [6, 6.07) is 7.05. The van der Waals surface area contributed by atoms with Crippen molar-refractivity contribution in [3.05, 3.63) is 34.3 Å². The summed E-state index contributed by atoms with van der Waals surface area (Å²) in [4.78, 5) is 0. The van der Waals surface area contributed by atoms with E-state index >= 15 is 0 Å². The second-order valence-corrected chi connectivity index (χ2v) is 6.99. The molecule has 1 aromatic rings. The molecule has 3 heteroatoms. The molecule has 2 unspecified atom stereocenters. The van der Waals surface area contributed by atoms with Gasteiger partial charge >= 0.3 is 0 Å². The van der Waals surface area contributed by atoms with Crippen molar-refractivity contribution in [3.63, 3.8) is 0 Å². The van der Waals surface area contributed by atoms with E-state index in [1.807, 2.05) is 6.07 Å². The average molecular weight is 296 g/mol. The predicted molar refractivity (Wildman–Crippen MR) is 85.4 cm³/mol. The number of rotatable bonds is 6. The highest BCUT2D eigenvalue weighted by Crippen LogP contribution is 2.46. The van der Waals surface area contributed by atoms with Crippen molar-refractivity contribution in [1.29, 1.82) is 0 Å². The molecule has 1 aliphatic carbocycles. The SMILES string of the molecule is CCCC(COC)NC1c2cc(Cl)ccc2CC1(C)C. The molecule has 1 N–H and O–H groups in total. The Morgan fingerprint density at radius 3 is 2.85 bits per heavy atom. The second-order valence-electron chi connectivity index (χ2n) is 6.55. The minimum Gasteiger partial charge on any atom is -0.383 e. The van der Waals surface area contributed by atoms with Gasteiger partial charge in [0.15, 0.2) is 0 Å². The topological polar surface area (TPSA) is 21.3 Å². The minimum absolute atomic E-state index is 0.215. The van der Waals surface area contributed by atoms with Crippen molar-refractivity contribution in [2.24, 2.45) is 5.41 Å². The molecule has 1 aromatic carbocycles. The Kier molecular flexibility index (Phi) is 5.11.